The molecule has 2 aliphatic rings. The van der Waals surface area contributed by atoms with Crippen molar-refractivity contribution in [2.75, 3.05) is 13.7 Å². The van der Waals surface area contributed by atoms with Crippen LogP contribution in [0.4, 0.5) is 0 Å². The quantitative estimate of drug-likeness (QED) is 0.898. The van der Waals surface area contributed by atoms with Crippen molar-refractivity contribution in [3.63, 3.8) is 0 Å². The maximum atomic E-state index is 6.28. The van der Waals surface area contributed by atoms with Crippen molar-refractivity contribution >= 4 is 11.6 Å². The van der Waals surface area contributed by atoms with E-state index in [0.29, 0.717) is 6.04 Å². The molecule has 2 nitrogen and oxygen atoms in total. The van der Waals surface area contributed by atoms with Gasteiger partial charge in [0.2, 0.25) is 0 Å². The fourth-order valence-corrected chi connectivity index (χ4v) is 4.19. The van der Waals surface area contributed by atoms with Crippen LogP contribution in [0.1, 0.15) is 43.7 Å². The van der Waals surface area contributed by atoms with Crippen LogP contribution in [-0.2, 0) is 12.8 Å². The average Bonchev–Trinajstić information content (AvgIpc) is 2.94. The van der Waals surface area contributed by atoms with Gasteiger partial charge in [-0.1, -0.05) is 31.4 Å². The molecule has 1 N–H and O–H groups in total. The molecule has 1 aliphatic carbocycles. The van der Waals surface area contributed by atoms with Gasteiger partial charge in [0.1, 0.15) is 5.75 Å². The van der Waals surface area contributed by atoms with Crippen molar-refractivity contribution in [3.05, 3.63) is 28.3 Å². The van der Waals surface area contributed by atoms with Crippen molar-refractivity contribution in [3.8, 4) is 5.75 Å². The normalized spacial score (nSPS) is 26.2. The molecule has 0 aromatic heterocycles. The molecular weight excluding hydrogens is 282 g/mol. The van der Waals surface area contributed by atoms with Gasteiger partial charge in [0.15, 0.2) is 0 Å². The highest BCUT2D eigenvalue weighted by atomic mass is 35.5. The topological polar surface area (TPSA) is 21.3 Å². The summed E-state index contributed by atoms with van der Waals surface area (Å²) in [4.78, 5) is 0. The van der Waals surface area contributed by atoms with E-state index in [9.17, 15) is 0 Å². The Morgan fingerprint density at radius 3 is 2.76 bits per heavy atom. The number of likely N-dealkylation sites (N-methyl/N-ethyl adjacent to an activating group) is 1. The maximum Gasteiger partial charge on any atom is 0.125 e. The highest BCUT2D eigenvalue weighted by Gasteiger charge is 2.27. The summed E-state index contributed by atoms with van der Waals surface area (Å²) in [5, 5.41) is 4.40. The van der Waals surface area contributed by atoms with E-state index in [1.807, 2.05) is 0 Å². The molecule has 0 amide bonds. The maximum absolute atomic E-state index is 6.28. The molecule has 0 saturated heterocycles. The molecule has 116 valence electrons. The Labute approximate surface area is 133 Å². The lowest BCUT2D eigenvalue weighted by atomic mass is 9.77. The molecule has 1 saturated carbocycles. The van der Waals surface area contributed by atoms with Gasteiger partial charge in [-0.3, -0.25) is 0 Å². The van der Waals surface area contributed by atoms with Gasteiger partial charge >= 0.3 is 0 Å². The first-order valence-electron chi connectivity index (χ1n) is 8.28. The fraction of sp³-hybridized carbons (Fsp3) is 0.667. The van der Waals surface area contributed by atoms with Crippen LogP contribution >= 0.6 is 11.6 Å². The van der Waals surface area contributed by atoms with Gasteiger partial charge in [0.25, 0.3) is 0 Å². The van der Waals surface area contributed by atoms with Gasteiger partial charge in [-0.05, 0) is 61.4 Å². The van der Waals surface area contributed by atoms with Crippen molar-refractivity contribution in [1.29, 1.82) is 0 Å². The van der Waals surface area contributed by atoms with Crippen molar-refractivity contribution < 1.29 is 4.74 Å². The second-order valence-corrected chi connectivity index (χ2v) is 7.21. The molecule has 1 aromatic rings. The largest absolute Gasteiger partial charge is 0.493 e. The van der Waals surface area contributed by atoms with E-state index in [4.69, 9.17) is 16.3 Å². The lowest BCUT2D eigenvalue weighted by Gasteiger charge is -2.33. The van der Waals surface area contributed by atoms with Gasteiger partial charge in [-0.2, -0.15) is 0 Å². The number of nitrogens with one attached hydrogen (secondary N) is 1. The summed E-state index contributed by atoms with van der Waals surface area (Å²) in [5.74, 6) is 2.78. The highest BCUT2D eigenvalue weighted by Crippen LogP contribution is 2.36. The Bertz CT molecular complexity index is 494. The zero-order valence-electron chi connectivity index (χ0n) is 13.1. The first-order valence-corrected chi connectivity index (χ1v) is 8.66. The van der Waals surface area contributed by atoms with E-state index in [-0.39, 0.29) is 0 Å². The molecule has 1 aliphatic heterocycles. The molecule has 1 heterocycles. The summed E-state index contributed by atoms with van der Waals surface area (Å²) in [6.45, 7) is 3.18. The molecule has 1 fully saturated rings. The number of benzene rings is 1. The minimum atomic E-state index is 0.532. The van der Waals surface area contributed by atoms with E-state index in [2.05, 4.69) is 31.4 Å². The van der Waals surface area contributed by atoms with Crippen LogP contribution in [0.25, 0.3) is 0 Å². The predicted molar refractivity (Wildman–Crippen MR) is 88.3 cm³/mol. The van der Waals surface area contributed by atoms with Gasteiger partial charge in [-0.25, -0.2) is 0 Å². The van der Waals surface area contributed by atoms with E-state index in [0.717, 1.165) is 42.1 Å². The summed E-state index contributed by atoms with van der Waals surface area (Å²) in [5.41, 5.74) is 2.57. The Morgan fingerprint density at radius 2 is 2.05 bits per heavy atom. The SMILES string of the molecule is CNC(Cc1cc(Cl)cc2c1OCC2)C1CCC(C)CC1. The number of rotatable bonds is 4. The molecule has 3 rings (SSSR count). The zero-order valence-corrected chi connectivity index (χ0v) is 13.9. The average molecular weight is 308 g/mol. The van der Waals surface area contributed by atoms with Crippen molar-refractivity contribution in [2.45, 2.75) is 51.5 Å². The summed E-state index contributed by atoms with van der Waals surface area (Å²) in [6, 6.07) is 4.69. The molecule has 1 atom stereocenters. The third-order valence-corrected chi connectivity index (χ3v) is 5.48. The first-order chi connectivity index (χ1) is 10.2. The third kappa shape index (κ3) is 3.37. The van der Waals surface area contributed by atoms with E-state index in [1.54, 1.807) is 0 Å². The minimum absolute atomic E-state index is 0.532. The van der Waals surface area contributed by atoms with Gasteiger partial charge in [0.05, 0.1) is 6.61 Å². The summed E-state index contributed by atoms with van der Waals surface area (Å²) in [7, 11) is 2.09. The van der Waals surface area contributed by atoms with E-state index in [1.165, 1.54) is 36.8 Å². The number of hydrogen-bond acceptors (Lipinski definition) is 2. The number of ether oxygens (including phenoxy) is 1. The lowest BCUT2D eigenvalue weighted by Crippen LogP contribution is -2.37. The zero-order chi connectivity index (χ0) is 14.8. The monoisotopic (exact) mass is 307 g/mol. The Balaban J connectivity index is 1.75. The smallest absolute Gasteiger partial charge is 0.125 e. The third-order valence-electron chi connectivity index (χ3n) is 5.27. The van der Waals surface area contributed by atoms with E-state index < -0.39 is 0 Å². The molecule has 0 radical (unpaired) electrons. The Morgan fingerprint density at radius 1 is 1.29 bits per heavy atom. The van der Waals surface area contributed by atoms with Crippen molar-refractivity contribution in [2.24, 2.45) is 11.8 Å². The molecule has 21 heavy (non-hydrogen) atoms. The minimum Gasteiger partial charge on any atom is -0.493 e. The van der Waals surface area contributed by atoms with Gasteiger partial charge < -0.3 is 10.1 Å². The molecule has 1 unspecified atom stereocenters. The summed E-state index contributed by atoms with van der Waals surface area (Å²) in [6.07, 6.45) is 7.44. The van der Waals surface area contributed by atoms with Crippen LogP contribution < -0.4 is 10.1 Å². The second kappa shape index (κ2) is 6.58. The van der Waals surface area contributed by atoms with E-state index >= 15 is 0 Å². The van der Waals surface area contributed by atoms with Crippen LogP contribution in [0.3, 0.4) is 0 Å². The number of fused-ring (bicyclic) bond motifs is 1. The number of halogens is 1. The second-order valence-electron chi connectivity index (χ2n) is 6.77. The van der Waals surface area contributed by atoms with Gasteiger partial charge in [-0.15, -0.1) is 0 Å². The molecule has 3 heteroatoms. The van der Waals surface area contributed by atoms with Gasteiger partial charge in [0, 0.05) is 17.5 Å². The highest BCUT2D eigenvalue weighted by molar-refractivity contribution is 6.30. The summed E-state index contributed by atoms with van der Waals surface area (Å²) >= 11 is 6.28. The van der Waals surface area contributed by atoms with Crippen LogP contribution in [0.5, 0.6) is 5.75 Å². The Hall–Kier alpha value is -0.730. The molecule has 0 spiro atoms. The number of hydrogen-bond donors (Lipinski definition) is 1. The fourth-order valence-electron chi connectivity index (χ4n) is 3.93. The van der Waals surface area contributed by atoms with Crippen molar-refractivity contribution in [1.82, 2.24) is 5.32 Å². The molecule has 0 bridgehead atoms. The summed E-state index contributed by atoms with van der Waals surface area (Å²) < 4.78 is 5.85. The first kappa shape index (κ1) is 15.2. The van der Waals surface area contributed by atoms with Crippen LogP contribution in [0.2, 0.25) is 5.02 Å². The van der Waals surface area contributed by atoms with Crippen LogP contribution in [0, 0.1) is 11.8 Å². The lowest BCUT2D eigenvalue weighted by molar-refractivity contribution is 0.234. The molecular formula is C18H26ClNO. The molecule has 1 aromatic carbocycles. The van der Waals surface area contributed by atoms with Crippen LogP contribution in [-0.4, -0.2) is 19.7 Å². The predicted octanol–water partition coefficient (Wildman–Crippen LogP) is 4.23. The standard InChI is InChI=1S/C18H26ClNO/c1-12-3-5-13(6-4-12)17(20-2)11-15-10-16(19)9-14-7-8-21-18(14)15/h9-10,12-13,17,20H,3-8,11H2,1-2H3. The van der Waals surface area contributed by atoms with Crippen LogP contribution in [0.15, 0.2) is 12.1 Å². The Kier molecular flexibility index (Phi) is 4.75.